The zero-order valence-corrected chi connectivity index (χ0v) is 12.6. The number of benzene rings is 1. The van der Waals surface area contributed by atoms with E-state index in [4.69, 9.17) is 9.47 Å². The molecule has 0 aliphatic heterocycles. The van der Waals surface area contributed by atoms with Crippen LogP contribution in [0.4, 0.5) is 0 Å². The Hall–Kier alpha value is -1.63. The van der Waals surface area contributed by atoms with Gasteiger partial charge in [-0.15, -0.1) is 5.10 Å². The number of ether oxygens (including phenoxy) is 2. The lowest BCUT2D eigenvalue weighted by molar-refractivity contribution is 0.352. The van der Waals surface area contributed by atoms with Crippen LogP contribution in [0.3, 0.4) is 0 Å². The quantitative estimate of drug-likeness (QED) is 0.841. The molecule has 0 aliphatic rings. The Morgan fingerprint density at radius 3 is 2.68 bits per heavy atom. The van der Waals surface area contributed by atoms with Gasteiger partial charge in [0, 0.05) is 6.42 Å². The van der Waals surface area contributed by atoms with E-state index in [2.05, 4.69) is 31.5 Å². The minimum Gasteiger partial charge on any atom is -0.493 e. The van der Waals surface area contributed by atoms with E-state index in [9.17, 15) is 0 Å². The number of rotatable bonds is 5. The fourth-order valence-electron chi connectivity index (χ4n) is 1.83. The molecular formula is C12H15BrN4O2. The minimum absolute atomic E-state index is 0.592. The summed E-state index contributed by atoms with van der Waals surface area (Å²) in [6.45, 7) is 2.61. The van der Waals surface area contributed by atoms with E-state index in [1.165, 1.54) is 0 Å². The molecule has 0 saturated carbocycles. The summed E-state index contributed by atoms with van der Waals surface area (Å²) in [5.41, 5.74) is 1.03. The van der Waals surface area contributed by atoms with Gasteiger partial charge in [0.1, 0.15) is 0 Å². The molecule has 2 aromatic rings. The van der Waals surface area contributed by atoms with Gasteiger partial charge < -0.3 is 9.47 Å². The maximum atomic E-state index is 5.32. The van der Waals surface area contributed by atoms with Crippen molar-refractivity contribution in [3.8, 4) is 11.5 Å². The van der Waals surface area contributed by atoms with Crippen LogP contribution in [0.5, 0.6) is 11.5 Å². The molecule has 0 bridgehead atoms. The second-order valence-electron chi connectivity index (χ2n) is 3.92. The van der Waals surface area contributed by atoms with Crippen molar-refractivity contribution >= 4 is 15.9 Å². The van der Waals surface area contributed by atoms with E-state index < -0.39 is 0 Å². The van der Waals surface area contributed by atoms with Crippen LogP contribution in [0.15, 0.2) is 16.6 Å². The molecule has 0 atom stereocenters. The second-order valence-corrected chi connectivity index (χ2v) is 4.77. The molecule has 0 unspecified atom stereocenters. The molecule has 7 heteroatoms. The predicted molar refractivity (Wildman–Crippen MR) is 73.5 cm³/mol. The van der Waals surface area contributed by atoms with Gasteiger partial charge in [0.2, 0.25) is 0 Å². The van der Waals surface area contributed by atoms with E-state index in [0.29, 0.717) is 18.0 Å². The molecule has 1 aromatic carbocycles. The van der Waals surface area contributed by atoms with Crippen LogP contribution in [-0.2, 0) is 13.0 Å². The standard InChI is InChI=1S/C12H15BrN4O2/c1-4-11-14-15-16-17(11)7-8-5-9(13)12(19-3)10(6-8)18-2/h5-6H,4,7H2,1-3H3. The fraction of sp³-hybridized carbons (Fsp3) is 0.417. The summed E-state index contributed by atoms with van der Waals surface area (Å²) < 4.78 is 13.2. The maximum absolute atomic E-state index is 5.32. The molecule has 0 fully saturated rings. The van der Waals surface area contributed by atoms with E-state index >= 15 is 0 Å². The van der Waals surface area contributed by atoms with Gasteiger partial charge in [-0.05, 0) is 44.1 Å². The number of nitrogens with zero attached hydrogens (tertiary/aromatic N) is 4. The summed E-state index contributed by atoms with van der Waals surface area (Å²) in [4.78, 5) is 0. The van der Waals surface area contributed by atoms with Gasteiger partial charge in [-0.2, -0.15) is 0 Å². The summed E-state index contributed by atoms with van der Waals surface area (Å²) in [7, 11) is 3.22. The van der Waals surface area contributed by atoms with Crippen LogP contribution >= 0.6 is 15.9 Å². The first-order chi connectivity index (χ1) is 9.19. The third-order valence-electron chi connectivity index (χ3n) is 2.75. The molecule has 2 rings (SSSR count). The monoisotopic (exact) mass is 326 g/mol. The molecule has 0 spiro atoms. The Bertz CT molecular complexity index is 571. The van der Waals surface area contributed by atoms with Crippen LogP contribution in [0.25, 0.3) is 0 Å². The predicted octanol–water partition coefficient (Wildman–Crippen LogP) is 2.06. The molecule has 0 aliphatic carbocycles. The molecule has 0 saturated heterocycles. The SMILES string of the molecule is CCc1nnnn1Cc1cc(Br)c(OC)c(OC)c1. The highest BCUT2D eigenvalue weighted by molar-refractivity contribution is 9.10. The van der Waals surface area contributed by atoms with Crippen molar-refractivity contribution in [3.63, 3.8) is 0 Å². The summed E-state index contributed by atoms with van der Waals surface area (Å²) in [6.07, 6.45) is 0.793. The van der Waals surface area contributed by atoms with E-state index in [1.807, 2.05) is 19.1 Å². The summed E-state index contributed by atoms with van der Waals surface area (Å²) in [5, 5.41) is 11.6. The van der Waals surface area contributed by atoms with Crippen LogP contribution < -0.4 is 9.47 Å². The zero-order chi connectivity index (χ0) is 13.8. The van der Waals surface area contributed by atoms with Crippen molar-refractivity contribution < 1.29 is 9.47 Å². The van der Waals surface area contributed by atoms with Gasteiger partial charge in [0.15, 0.2) is 17.3 Å². The first kappa shape index (κ1) is 13.8. The van der Waals surface area contributed by atoms with Crippen LogP contribution in [0, 0.1) is 0 Å². The number of hydrogen-bond acceptors (Lipinski definition) is 5. The van der Waals surface area contributed by atoms with Gasteiger partial charge >= 0.3 is 0 Å². The number of aromatic nitrogens is 4. The first-order valence-electron chi connectivity index (χ1n) is 5.85. The Kier molecular flexibility index (Phi) is 4.36. The number of tetrazole rings is 1. The van der Waals surface area contributed by atoms with Gasteiger partial charge in [0.05, 0.1) is 25.2 Å². The van der Waals surface area contributed by atoms with Gasteiger partial charge in [-0.1, -0.05) is 6.92 Å². The fourth-order valence-corrected chi connectivity index (χ4v) is 2.49. The van der Waals surface area contributed by atoms with Crippen molar-refractivity contribution in [1.29, 1.82) is 0 Å². The van der Waals surface area contributed by atoms with Crippen LogP contribution in [-0.4, -0.2) is 34.4 Å². The Morgan fingerprint density at radius 2 is 2.05 bits per heavy atom. The molecule has 1 aromatic heterocycles. The van der Waals surface area contributed by atoms with Gasteiger partial charge in [0.25, 0.3) is 0 Å². The molecule has 19 heavy (non-hydrogen) atoms. The average molecular weight is 327 g/mol. The van der Waals surface area contributed by atoms with Crippen LogP contribution in [0.2, 0.25) is 0 Å². The molecule has 1 heterocycles. The highest BCUT2D eigenvalue weighted by Crippen LogP contribution is 2.36. The Balaban J connectivity index is 2.33. The van der Waals surface area contributed by atoms with Gasteiger partial charge in [-0.3, -0.25) is 0 Å². The van der Waals surface area contributed by atoms with Crippen LogP contribution in [0.1, 0.15) is 18.3 Å². The highest BCUT2D eigenvalue weighted by Gasteiger charge is 2.12. The highest BCUT2D eigenvalue weighted by atomic mass is 79.9. The van der Waals surface area contributed by atoms with Crippen molar-refractivity contribution in [2.75, 3.05) is 14.2 Å². The lowest BCUT2D eigenvalue weighted by Gasteiger charge is -2.12. The molecule has 0 N–H and O–H groups in total. The summed E-state index contributed by atoms with van der Waals surface area (Å²) >= 11 is 3.47. The largest absolute Gasteiger partial charge is 0.493 e. The average Bonchev–Trinajstić information content (AvgIpc) is 2.85. The number of methoxy groups -OCH3 is 2. The van der Waals surface area contributed by atoms with E-state index in [0.717, 1.165) is 22.3 Å². The minimum atomic E-state index is 0.592. The first-order valence-corrected chi connectivity index (χ1v) is 6.64. The lowest BCUT2D eigenvalue weighted by atomic mass is 10.2. The third-order valence-corrected chi connectivity index (χ3v) is 3.34. The lowest BCUT2D eigenvalue weighted by Crippen LogP contribution is -2.07. The summed E-state index contributed by atoms with van der Waals surface area (Å²) in [6, 6.07) is 3.90. The van der Waals surface area contributed by atoms with Crippen molar-refractivity contribution in [2.45, 2.75) is 19.9 Å². The Morgan fingerprint density at radius 1 is 1.26 bits per heavy atom. The van der Waals surface area contributed by atoms with E-state index in [-0.39, 0.29) is 0 Å². The Labute approximate surface area is 119 Å². The molecule has 0 amide bonds. The van der Waals surface area contributed by atoms with Gasteiger partial charge in [-0.25, -0.2) is 4.68 Å². The molecule has 0 radical (unpaired) electrons. The zero-order valence-electron chi connectivity index (χ0n) is 11.1. The number of aryl methyl sites for hydroxylation is 1. The molecule has 6 nitrogen and oxygen atoms in total. The van der Waals surface area contributed by atoms with E-state index in [1.54, 1.807) is 18.9 Å². The summed E-state index contributed by atoms with van der Waals surface area (Å²) in [5.74, 6) is 2.21. The normalized spacial score (nSPS) is 10.5. The smallest absolute Gasteiger partial charge is 0.174 e. The molecular weight excluding hydrogens is 312 g/mol. The van der Waals surface area contributed by atoms with Crippen molar-refractivity contribution in [2.24, 2.45) is 0 Å². The number of hydrogen-bond donors (Lipinski definition) is 0. The maximum Gasteiger partial charge on any atom is 0.174 e. The van der Waals surface area contributed by atoms with Crippen molar-refractivity contribution in [3.05, 3.63) is 28.0 Å². The second kappa shape index (κ2) is 6.01. The topological polar surface area (TPSA) is 62.1 Å². The van der Waals surface area contributed by atoms with Crippen molar-refractivity contribution in [1.82, 2.24) is 20.2 Å². The third kappa shape index (κ3) is 2.86. The number of halogens is 1. The molecule has 102 valence electrons.